The zero-order chi connectivity index (χ0) is 30.2. The molecule has 228 valence electrons. The van der Waals surface area contributed by atoms with Gasteiger partial charge in [0.15, 0.2) is 0 Å². The van der Waals surface area contributed by atoms with Crippen LogP contribution in [0.4, 0.5) is 0 Å². The molecular formula is C35H45N5O2S. The number of likely N-dealkylation sites (tertiary alicyclic amines) is 1. The van der Waals surface area contributed by atoms with E-state index >= 15 is 0 Å². The molecule has 4 heterocycles. The van der Waals surface area contributed by atoms with Crippen LogP contribution in [0.3, 0.4) is 0 Å². The van der Waals surface area contributed by atoms with E-state index in [4.69, 9.17) is 10.7 Å². The zero-order valence-electron chi connectivity index (χ0n) is 26.1. The number of hydrogen-bond donors (Lipinski definition) is 1. The van der Waals surface area contributed by atoms with Gasteiger partial charge in [0.2, 0.25) is 11.7 Å². The second-order valence-electron chi connectivity index (χ2n) is 13.2. The Morgan fingerprint density at radius 1 is 0.977 bits per heavy atom. The van der Waals surface area contributed by atoms with E-state index in [1.807, 2.05) is 22.6 Å². The number of aromatic nitrogens is 3. The highest BCUT2D eigenvalue weighted by Gasteiger charge is 2.26. The van der Waals surface area contributed by atoms with Crippen LogP contribution in [0.1, 0.15) is 87.7 Å². The molecule has 6 rings (SSSR count). The van der Waals surface area contributed by atoms with Crippen LogP contribution in [0, 0.1) is 11.8 Å². The highest BCUT2D eigenvalue weighted by Crippen LogP contribution is 2.35. The summed E-state index contributed by atoms with van der Waals surface area (Å²) < 4.78 is 5.82. The van der Waals surface area contributed by atoms with Crippen molar-refractivity contribution in [1.82, 2.24) is 18.9 Å². The lowest BCUT2D eigenvalue weighted by molar-refractivity contribution is 0.0999. The summed E-state index contributed by atoms with van der Waals surface area (Å²) in [5.41, 5.74) is 11.3. The van der Waals surface area contributed by atoms with Gasteiger partial charge in [0, 0.05) is 22.2 Å². The Morgan fingerprint density at radius 3 is 2.37 bits per heavy atom. The molecule has 0 bridgehead atoms. The van der Waals surface area contributed by atoms with Gasteiger partial charge < -0.3 is 15.2 Å². The monoisotopic (exact) mass is 599 g/mol. The van der Waals surface area contributed by atoms with E-state index in [0.29, 0.717) is 27.9 Å². The number of imidazole rings is 1. The third-order valence-electron chi connectivity index (χ3n) is 9.15. The third-order valence-corrected chi connectivity index (χ3v) is 10.3. The van der Waals surface area contributed by atoms with Gasteiger partial charge in [-0.25, -0.2) is 9.38 Å². The summed E-state index contributed by atoms with van der Waals surface area (Å²) in [5, 5.41) is 1.02. The molecule has 7 nitrogen and oxygen atoms in total. The minimum absolute atomic E-state index is 0.0200. The molecule has 1 amide bonds. The lowest BCUT2D eigenvalue weighted by Gasteiger charge is -2.26. The predicted molar refractivity (Wildman–Crippen MR) is 180 cm³/mol. The number of carbonyl (C=O) groups excluding carboxylic acids is 1. The Bertz CT molecular complexity index is 1860. The Balaban J connectivity index is 1.64. The lowest BCUT2D eigenvalue weighted by Crippen LogP contribution is -2.31. The maximum atomic E-state index is 14.5. The van der Waals surface area contributed by atoms with Crippen LogP contribution in [0.15, 0.2) is 35.1 Å². The van der Waals surface area contributed by atoms with E-state index in [2.05, 4.69) is 49.3 Å². The van der Waals surface area contributed by atoms with Gasteiger partial charge in [-0.1, -0.05) is 52.3 Å². The van der Waals surface area contributed by atoms with E-state index in [9.17, 15) is 9.59 Å². The molecular weight excluding hydrogens is 554 g/mol. The standard InChI is InChI=1S/C35H45N5O2S/c1-22(2)13-15-24-25(16-14-23(3)4)31-28(21-27(24)33(36)41)39(20-10-19-38-17-8-5-9-18-38)35-37-30-26-11-6-7-12-29(26)43-32(30)34(42)40(31)35/h6-7,11-12,21-23H,5,8-10,13-20H2,1-4H3,(H2,36,41). The Kier molecular flexibility index (Phi) is 8.60. The number of thiophene rings is 1. The molecule has 2 N–H and O–H groups in total. The van der Waals surface area contributed by atoms with E-state index in [-0.39, 0.29) is 5.56 Å². The largest absolute Gasteiger partial charge is 0.366 e. The van der Waals surface area contributed by atoms with Crippen LogP contribution < -0.4 is 11.3 Å². The van der Waals surface area contributed by atoms with Gasteiger partial charge in [0.25, 0.3) is 5.56 Å². The number of piperidine rings is 1. The molecule has 2 aromatic carbocycles. The molecule has 8 heteroatoms. The molecule has 1 aliphatic heterocycles. The van der Waals surface area contributed by atoms with Crippen LogP contribution in [0.5, 0.6) is 0 Å². The van der Waals surface area contributed by atoms with Crippen molar-refractivity contribution in [2.45, 2.75) is 85.6 Å². The minimum Gasteiger partial charge on any atom is -0.366 e. The number of aryl methyl sites for hydroxylation is 2. The van der Waals surface area contributed by atoms with Crippen LogP contribution in [0.2, 0.25) is 0 Å². The normalized spacial score (nSPS) is 14.8. The second-order valence-corrected chi connectivity index (χ2v) is 14.3. The molecule has 0 atom stereocenters. The summed E-state index contributed by atoms with van der Waals surface area (Å²) in [7, 11) is 0. The van der Waals surface area contributed by atoms with Crippen LogP contribution in [0.25, 0.3) is 37.1 Å². The van der Waals surface area contributed by atoms with Crippen molar-refractivity contribution >= 4 is 54.4 Å². The highest BCUT2D eigenvalue weighted by atomic mass is 32.1. The zero-order valence-corrected chi connectivity index (χ0v) is 26.9. The fourth-order valence-corrected chi connectivity index (χ4v) is 7.90. The summed E-state index contributed by atoms with van der Waals surface area (Å²) in [6, 6.07) is 10.1. The number of primary amides is 1. The van der Waals surface area contributed by atoms with E-state index < -0.39 is 5.91 Å². The molecule has 1 saturated heterocycles. The van der Waals surface area contributed by atoms with Gasteiger partial charge >= 0.3 is 0 Å². The number of amides is 1. The highest BCUT2D eigenvalue weighted by molar-refractivity contribution is 7.25. The average molecular weight is 600 g/mol. The number of benzene rings is 2. The molecule has 43 heavy (non-hydrogen) atoms. The average Bonchev–Trinajstić information content (AvgIpc) is 3.51. The second kappa shape index (κ2) is 12.4. The fraction of sp³-hybridized carbons (Fsp3) is 0.514. The smallest absolute Gasteiger partial charge is 0.277 e. The third kappa shape index (κ3) is 5.72. The Labute approximate surface area is 257 Å². The van der Waals surface area contributed by atoms with Crippen LogP contribution in [-0.4, -0.2) is 44.4 Å². The summed E-state index contributed by atoms with van der Waals surface area (Å²) in [5.74, 6) is 1.22. The number of hydrogen-bond acceptors (Lipinski definition) is 5. The molecule has 0 radical (unpaired) electrons. The molecule has 0 spiro atoms. The van der Waals surface area contributed by atoms with Crippen molar-refractivity contribution in [2.75, 3.05) is 19.6 Å². The molecule has 0 saturated carbocycles. The molecule has 0 aliphatic carbocycles. The Morgan fingerprint density at radius 2 is 1.67 bits per heavy atom. The van der Waals surface area contributed by atoms with Gasteiger partial charge in [-0.2, -0.15) is 0 Å². The van der Waals surface area contributed by atoms with Crippen LogP contribution in [-0.2, 0) is 19.4 Å². The van der Waals surface area contributed by atoms with Gasteiger partial charge in [-0.05, 0) is 99.7 Å². The van der Waals surface area contributed by atoms with Crippen molar-refractivity contribution in [3.05, 3.63) is 57.4 Å². The maximum absolute atomic E-state index is 14.5. The Hall–Kier alpha value is -3.23. The van der Waals surface area contributed by atoms with Gasteiger partial charge in [0.05, 0.1) is 16.6 Å². The number of rotatable bonds is 11. The SMILES string of the molecule is CC(C)CCc1c(C(N)=O)cc2c(c1CCC(C)C)n1c(=O)c3sc4ccccc4c3nc1n2CCCN1CCCCC1. The van der Waals surface area contributed by atoms with Crippen LogP contribution >= 0.6 is 11.3 Å². The molecule has 0 unspecified atom stereocenters. The van der Waals surface area contributed by atoms with Gasteiger partial charge in [-0.15, -0.1) is 11.3 Å². The topological polar surface area (TPSA) is 85.6 Å². The van der Waals surface area contributed by atoms with E-state index in [1.165, 1.54) is 30.6 Å². The first-order chi connectivity index (χ1) is 20.7. The quantitative estimate of drug-likeness (QED) is 0.174. The predicted octanol–water partition coefficient (Wildman–Crippen LogP) is 7.17. The maximum Gasteiger partial charge on any atom is 0.277 e. The summed E-state index contributed by atoms with van der Waals surface area (Å²) in [6.07, 6.45) is 8.23. The van der Waals surface area contributed by atoms with E-state index in [1.54, 1.807) is 0 Å². The summed E-state index contributed by atoms with van der Waals surface area (Å²) in [6.45, 7) is 12.9. The first kappa shape index (κ1) is 29.8. The minimum atomic E-state index is -0.399. The lowest BCUT2D eigenvalue weighted by atomic mass is 9.89. The first-order valence-corrected chi connectivity index (χ1v) is 17.0. The molecule has 1 aliphatic rings. The number of nitrogens with zero attached hydrogens (tertiary/aromatic N) is 4. The van der Waals surface area contributed by atoms with Gasteiger partial charge in [-0.3, -0.25) is 9.59 Å². The molecule has 1 fully saturated rings. The fourth-order valence-electron chi connectivity index (χ4n) is 6.82. The van der Waals surface area contributed by atoms with Crippen molar-refractivity contribution in [3.8, 4) is 0 Å². The van der Waals surface area contributed by atoms with E-state index in [0.717, 1.165) is 96.0 Å². The number of nitrogens with two attached hydrogens (primary N) is 1. The van der Waals surface area contributed by atoms with Crippen molar-refractivity contribution in [3.63, 3.8) is 0 Å². The van der Waals surface area contributed by atoms with Crippen molar-refractivity contribution in [1.29, 1.82) is 0 Å². The molecule has 3 aromatic heterocycles. The van der Waals surface area contributed by atoms with Crippen molar-refractivity contribution in [2.24, 2.45) is 17.6 Å². The summed E-state index contributed by atoms with van der Waals surface area (Å²) >= 11 is 1.52. The summed E-state index contributed by atoms with van der Waals surface area (Å²) in [4.78, 5) is 35.3. The first-order valence-electron chi connectivity index (χ1n) is 16.2. The molecule has 5 aromatic rings. The number of fused-ring (bicyclic) bond motifs is 6. The van der Waals surface area contributed by atoms with Crippen molar-refractivity contribution < 1.29 is 4.79 Å². The van der Waals surface area contributed by atoms with Gasteiger partial charge in [0.1, 0.15) is 4.70 Å². The number of carbonyl (C=O) groups is 1.